The van der Waals surface area contributed by atoms with Crippen LogP contribution in [0.15, 0.2) is 29.0 Å². The predicted octanol–water partition coefficient (Wildman–Crippen LogP) is 1.02. The summed E-state index contributed by atoms with van der Waals surface area (Å²) in [7, 11) is 1.36. The molecular formula is C13H14N2O4. The molecule has 0 saturated carbocycles. The number of carbonyl (C=O) groups is 1. The summed E-state index contributed by atoms with van der Waals surface area (Å²) in [6, 6.07) is 4.97. The molecule has 1 aromatic carbocycles. The van der Waals surface area contributed by atoms with E-state index in [1.54, 1.807) is 6.07 Å². The Bertz CT molecular complexity index is 618. The summed E-state index contributed by atoms with van der Waals surface area (Å²) in [5.41, 5.74) is 7.63. The van der Waals surface area contributed by atoms with E-state index in [4.69, 9.17) is 19.6 Å². The van der Waals surface area contributed by atoms with Crippen LogP contribution >= 0.6 is 0 Å². The maximum Gasteiger partial charge on any atom is 0.318 e. The Labute approximate surface area is 109 Å². The summed E-state index contributed by atoms with van der Waals surface area (Å²) >= 11 is 0. The molecule has 2 heterocycles. The lowest BCUT2D eigenvalue weighted by molar-refractivity contribution is -0.188. The molecule has 1 atom stereocenters. The zero-order valence-electron chi connectivity index (χ0n) is 10.5. The van der Waals surface area contributed by atoms with Crippen LogP contribution in [0.5, 0.6) is 0 Å². The number of nitrogens with zero attached hydrogens (tertiary/aromatic N) is 1. The summed E-state index contributed by atoms with van der Waals surface area (Å²) in [4.78, 5) is 16.0. The highest BCUT2D eigenvalue weighted by Gasteiger charge is 2.52. The number of aromatic nitrogens is 1. The van der Waals surface area contributed by atoms with E-state index in [0.717, 1.165) is 11.1 Å². The fraction of sp³-hybridized carbons (Fsp3) is 0.385. The topological polar surface area (TPSA) is 87.6 Å². The minimum atomic E-state index is -0.803. The van der Waals surface area contributed by atoms with Gasteiger partial charge in [-0.15, -0.1) is 0 Å². The number of benzene rings is 1. The smallest absolute Gasteiger partial charge is 0.318 e. The van der Waals surface area contributed by atoms with Gasteiger partial charge < -0.3 is 19.6 Å². The quantitative estimate of drug-likeness (QED) is 0.831. The van der Waals surface area contributed by atoms with Crippen LogP contribution in [0.4, 0.5) is 0 Å². The molecule has 0 radical (unpaired) electrons. The van der Waals surface area contributed by atoms with Gasteiger partial charge >= 0.3 is 5.97 Å². The molecule has 0 amide bonds. The lowest BCUT2D eigenvalue weighted by atomic mass is 9.75. The molecule has 0 aliphatic carbocycles. The molecule has 1 fully saturated rings. The van der Waals surface area contributed by atoms with Gasteiger partial charge in [0.2, 0.25) is 0 Å². The maximum atomic E-state index is 11.9. The van der Waals surface area contributed by atoms with Crippen molar-refractivity contribution in [3.05, 3.63) is 30.2 Å². The highest BCUT2D eigenvalue weighted by molar-refractivity contribution is 5.80. The Morgan fingerprint density at radius 3 is 2.95 bits per heavy atom. The van der Waals surface area contributed by atoms with Crippen LogP contribution in [0.2, 0.25) is 0 Å². The number of esters is 1. The molecule has 0 bridgehead atoms. The van der Waals surface area contributed by atoms with Crippen molar-refractivity contribution in [2.75, 3.05) is 20.3 Å². The lowest BCUT2D eigenvalue weighted by Gasteiger charge is -2.42. The van der Waals surface area contributed by atoms with Gasteiger partial charge in [0.25, 0.3) is 0 Å². The average Bonchev–Trinajstić information content (AvgIpc) is 2.84. The zero-order chi connectivity index (χ0) is 13.5. The second-order valence-corrected chi connectivity index (χ2v) is 4.70. The normalized spacial score (nSPS) is 18.8. The molecule has 19 heavy (non-hydrogen) atoms. The lowest BCUT2D eigenvalue weighted by Crippen LogP contribution is -2.56. The molecule has 6 nitrogen and oxygen atoms in total. The second-order valence-electron chi connectivity index (χ2n) is 4.70. The SMILES string of the molecule is COC(=O)C1(C(N)c2ccc3ncoc3c2)COC1. The van der Waals surface area contributed by atoms with E-state index in [9.17, 15) is 4.79 Å². The van der Waals surface area contributed by atoms with Crippen LogP contribution in [0.25, 0.3) is 11.1 Å². The molecule has 2 aromatic rings. The number of methoxy groups -OCH3 is 1. The van der Waals surface area contributed by atoms with Crippen LogP contribution in [-0.2, 0) is 14.3 Å². The van der Waals surface area contributed by atoms with Crippen molar-refractivity contribution in [3.8, 4) is 0 Å². The molecular weight excluding hydrogens is 248 g/mol. The van der Waals surface area contributed by atoms with Gasteiger partial charge in [-0.2, -0.15) is 0 Å². The average molecular weight is 262 g/mol. The third kappa shape index (κ3) is 1.72. The van der Waals surface area contributed by atoms with E-state index in [0.29, 0.717) is 5.58 Å². The van der Waals surface area contributed by atoms with Gasteiger partial charge in [-0.25, -0.2) is 4.98 Å². The van der Waals surface area contributed by atoms with Gasteiger partial charge in [0, 0.05) is 0 Å². The van der Waals surface area contributed by atoms with Gasteiger partial charge in [0.1, 0.15) is 10.9 Å². The molecule has 1 aromatic heterocycles. The Hall–Kier alpha value is -1.92. The first-order valence-electron chi connectivity index (χ1n) is 5.92. The number of ether oxygens (including phenoxy) is 2. The first kappa shape index (κ1) is 12.1. The standard InChI is InChI=1S/C13H14N2O4/c1-17-12(16)13(5-18-6-13)11(14)8-2-3-9-10(4-8)19-7-15-9/h2-4,7,11H,5-6,14H2,1H3. The Kier molecular flexibility index (Phi) is 2.76. The van der Waals surface area contributed by atoms with Crippen LogP contribution < -0.4 is 5.73 Å². The molecule has 100 valence electrons. The van der Waals surface area contributed by atoms with E-state index >= 15 is 0 Å². The first-order valence-corrected chi connectivity index (χ1v) is 5.92. The Morgan fingerprint density at radius 2 is 2.32 bits per heavy atom. The van der Waals surface area contributed by atoms with E-state index in [2.05, 4.69) is 4.98 Å². The van der Waals surface area contributed by atoms with Crippen LogP contribution in [0.1, 0.15) is 11.6 Å². The maximum absolute atomic E-state index is 11.9. The minimum Gasteiger partial charge on any atom is -0.468 e. The minimum absolute atomic E-state index is 0.273. The van der Waals surface area contributed by atoms with Gasteiger partial charge in [-0.1, -0.05) is 6.07 Å². The number of fused-ring (bicyclic) bond motifs is 1. The molecule has 1 aliphatic heterocycles. The predicted molar refractivity (Wildman–Crippen MR) is 66.2 cm³/mol. The third-order valence-electron chi connectivity index (χ3n) is 3.62. The number of oxazole rings is 1. The summed E-state index contributed by atoms with van der Waals surface area (Å²) in [5, 5.41) is 0. The van der Waals surface area contributed by atoms with Crippen molar-refractivity contribution >= 4 is 17.1 Å². The van der Waals surface area contributed by atoms with E-state index in [1.165, 1.54) is 13.5 Å². The van der Waals surface area contributed by atoms with Crippen molar-refractivity contribution in [3.63, 3.8) is 0 Å². The van der Waals surface area contributed by atoms with Crippen molar-refractivity contribution < 1.29 is 18.7 Å². The highest BCUT2D eigenvalue weighted by atomic mass is 16.5. The Balaban J connectivity index is 1.97. The van der Waals surface area contributed by atoms with Gasteiger partial charge in [-0.3, -0.25) is 4.79 Å². The van der Waals surface area contributed by atoms with Crippen LogP contribution in [0.3, 0.4) is 0 Å². The van der Waals surface area contributed by atoms with Crippen molar-refractivity contribution in [2.45, 2.75) is 6.04 Å². The van der Waals surface area contributed by atoms with Crippen molar-refractivity contribution in [1.29, 1.82) is 0 Å². The molecule has 6 heteroatoms. The second kappa shape index (κ2) is 4.32. The summed E-state index contributed by atoms with van der Waals surface area (Å²) in [5.74, 6) is -0.344. The Morgan fingerprint density at radius 1 is 1.53 bits per heavy atom. The largest absolute Gasteiger partial charge is 0.468 e. The number of hydrogen-bond acceptors (Lipinski definition) is 6. The van der Waals surface area contributed by atoms with Gasteiger partial charge in [-0.05, 0) is 17.7 Å². The summed E-state index contributed by atoms with van der Waals surface area (Å²) in [6.45, 7) is 0.546. The monoisotopic (exact) mass is 262 g/mol. The summed E-state index contributed by atoms with van der Waals surface area (Å²) < 4.78 is 15.2. The fourth-order valence-electron chi connectivity index (χ4n) is 2.33. The summed E-state index contributed by atoms with van der Waals surface area (Å²) in [6.07, 6.45) is 1.38. The number of rotatable bonds is 3. The fourth-order valence-corrected chi connectivity index (χ4v) is 2.33. The third-order valence-corrected chi connectivity index (χ3v) is 3.62. The van der Waals surface area contributed by atoms with E-state index < -0.39 is 11.5 Å². The van der Waals surface area contributed by atoms with E-state index in [-0.39, 0.29) is 19.2 Å². The van der Waals surface area contributed by atoms with Gasteiger partial charge in [0.05, 0.1) is 26.4 Å². The molecule has 2 N–H and O–H groups in total. The van der Waals surface area contributed by atoms with Crippen molar-refractivity contribution in [2.24, 2.45) is 11.1 Å². The first-order chi connectivity index (χ1) is 9.17. The molecule has 1 saturated heterocycles. The number of nitrogens with two attached hydrogens (primary N) is 1. The zero-order valence-corrected chi connectivity index (χ0v) is 10.5. The van der Waals surface area contributed by atoms with Crippen molar-refractivity contribution in [1.82, 2.24) is 4.98 Å². The van der Waals surface area contributed by atoms with Crippen LogP contribution in [-0.4, -0.2) is 31.3 Å². The number of carbonyl (C=O) groups excluding carboxylic acids is 1. The number of hydrogen-bond donors (Lipinski definition) is 1. The van der Waals surface area contributed by atoms with E-state index in [1.807, 2.05) is 12.1 Å². The molecule has 0 spiro atoms. The van der Waals surface area contributed by atoms with Crippen LogP contribution in [0, 0.1) is 5.41 Å². The van der Waals surface area contributed by atoms with Gasteiger partial charge in [0.15, 0.2) is 12.0 Å². The molecule has 1 aliphatic rings. The molecule has 1 unspecified atom stereocenters. The molecule has 3 rings (SSSR count). The highest BCUT2D eigenvalue weighted by Crippen LogP contribution is 2.40.